The average molecular weight is 392 g/mol. The van der Waals surface area contributed by atoms with Gasteiger partial charge in [0.25, 0.3) is 16.8 Å². The molecule has 4 rings (SSSR count). The van der Waals surface area contributed by atoms with E-state index in [0.29, 0.717) is 22.8 Å². The van der Waals surface area contributed by atoms with Gasteiger partial charge in [0.1, 0.15) is 11.5 Å². The average Bonchev–Trinajstić information content (AvgIpc) is 3.27. The Morgan fingerprint density at radius 3 is 2.54 bits per heavy atom. The Morgan fingerprint density at radius 1 is 1.00 bits per heavy atom. The Kier molecular flexibility index (Phi) is 4.54. The normalized spacial score (nSPS) is 15.4. The van der Waals surface area contributed by atoms with Gasteiger partial charge in [0.05, 0.1) is 15.5 Å². The van der Waals surface area contributed by atoms with Crippen LogP contribution >= 0.6 is 11.8 Å². The predicted octanol–water partition coefficient (Wildman–Crippen LogP) is 5.10. The highest BCUT2D eigenvalue weighted by molar-refractivity contribution is 8.19. The van der Waals surface area contributed by atoms with Crippen LogP contribution in [0.1, 0.15) is 5.76 Å². The minimum atomic E-state index is -0.479. The maximum atomic E-state index is 12.6. The Hall–Kier alpha value is -3.65. The third kappa shape index (κ3) is 3.33. The first-order valence-electron chi connectivity index (χ1n) is 8.20. The van der Waals surface area contributed by atoms with E-state index in [1.165, 1.54) is 18.2 Å². The number of nitro benzene ring substituents is 1. The van der Waals surface area contributed by atoms with Gasteiger partial charge < -0.3 is 4.42 Å². The van der Waals surface area contributed by atoms with Crippen LogP contribution in [-0.2, 0) is 4.79 Å². The van der Waals surface area contributed by atoms with Crippen LogP contribution in [0.3, 0.4) is 0 Å². The molecule has 0 radical (unpaired) electrons. The number of nitrogens with zero attached hydrogens (tertiary/aromatic N) is 2. The van der Waals surface area contributed by atoms with Crippen LogP contribution in [0.5, 0.6) is 0 Å². The fourth-order valence-corrected chi connectivity index (χ4v) is 3.58. The Morgan fingerprint density at radius 2 is 1.79 bits per heavy atom. The van der Waals surface area contributed by atoms with E-state index in [1.54, 1.807) is 54.6 Å². The van der Waals surface area contributed by atoms with Crippen molar-refractivity contribution in [1.82, 2.24) is 0 Å². The van der Waals surface area contributed by atoms with Gasteiger partial charge in [-0.05, 0) is 36.0 Å². The second-order valence-electron chi connectivity index (χ2n) is 5.86. The molecule has 0 spiro atoms. The zero-order chi connectivity index (χ0) is 19.7. The van der Waals surface area contributed by atoms with E-state index >= 15 is 0 Å². The smallest absolute Gasteiger partial charge is 0.298 e. The van der Waals surface area contributed by atoms with Crippen molar-refractivity contribution in [2.75, 3.05) is 4.90 Å². The summed E-state index contributed by atoms with van der Waals surface area (Å²) in [6, 6.07) is 18.0. The van der Waals surface area contributed by atoms with Crippen molar-refractivity contribution in [1.29, 1.82) is 0 Å². The lowest BCUT2D eigenvalue weighted by atomic mass is 10.1. The fourth-order valence-electron chi connectivity index (χ4n) is 2.75. The quantitative estimate of drug-likeness (QED) is 0.348. The number of para-hydroxylation sites is 1. The van der Waals surface area contributed by atoms with Crippen LogP contribution in [0.2, 0.25) is 0 Å². The van der Waals surface area contributed by atoms with Crippen LogP contribution in [0.4, 0.5) is 16.2 Å². The summed E-state index contributed by atoms with van der Waals surface area (Å²) in [7, 11) is 0. The topological polar surface area (TPSA) is 93.7 Å². The standard InChI is InChI=1S/C20H12N2O5S/c23-19-18(28-20(24)21(19)14-6-2-1-3-7-14)12-16-9-10-17(27-16)13-5-4-8-15(11-13)22(25)26/h1-12H. The predicted molar refractivity (Wildman–Crippen MR) is 106 cm³/mol. The molecular weight excluding hydrogens is 380 g/mol. The summed E-state index contributed by atoms with van der Waals surface area (Å²) in [5.74, 6) is 0.381. The van der Waals surface area contributed by atoms with Crippen molar-refractivity contribution in [3.63, 3.8) is 0 Å². The SMILES string of the molecule is O=C1SC(=Cc2ccc(-c3cccc([N+](=O)[O-])c3)o2)C(=O)N1c1ccccc1. The largest absolute Gasteiger partial charge is 0.457 e. The highest BCUT2D eigenvalue weighted by Crippen LogP contribution is 2.36. The summed E-state index contributed by atoms with van der Waals surface area (Å²) in [4.78, 5) is 36.7. The zero-order valence-corrected chi connectivity index (χ0v) is 15.1. The number of carbonyl (C=O) groups excluding carboxylic acids is 2. The van der Waals surface area contributed by atoms with Gasteiger partial charge in [-0.15, -0.1) is 0 Å². The third-order valence-corrected chi connectivity index (χ3v) is 4.92. The van der Waals surface area contributed by atoms with Gasteiger partial charge in [0, 0.05) is 23.8 Å². The minimum Gasteiger partial charge on any atom is -0.457 e. The summed E-state index contributed by atoms with van der Waals surface area (Å²) in [6.45, 7) is 0. The highest BCUT2D eigenvalue weighted by Gasteiger charge is 2.36. The molecule has 0 unspecified atom stereocenters. The van der Waals surface area contributed by atoms with E-state index in [-0.39, 0.29) is 15.8 Å². The first kappa shape index (κ1) is 17.7. The molecule has 28 heavy (non-hydrogen) atoms. The van der Waals surface area contributed by atoms with Crippen molar-refractivity contribution >= 4 is 40.4 Å². The summed E-state index contributed by atoms with van der Waals surface area (Å²) in [6.07, 6.45) is 1.49. The monoisotopic (exact) mass is 392 g/mol. The molecular formula is C20H12N2O5S. The lowest BCUT2D eigenvalue weighted by molar-refractivity contribution is -0.384. The number of hydrogen-bond acceptors (Lipinski definition) is 6. The maximum Gasteiger partial charge on any atom is 0.298 e. The van der Waals surface area contributed by atoms with Crippen LogP contribution in [0.25, 0.3) is 17.4 Å². The van der Waals surface area contributed by atoms with Gasteiger partial charge in [0.2, 0.25) is 0 Å². The summed E-state index contributed by atoms with van der Waals surface area (Å²) < 4.78 is 5.70. The second-order valence-corrected chi connectivity index (χ2v) is 6.86. The number of nitro groups is 1. The highest BCUT2D eigenvalue weighted by atomic mass is 32.2. The summed E-state index contributed by atoms with van der Waals surface area (Å²) in [5, 5.41) is 10.5. The number of hydrogen-bond donors (Lipinski definition) is 0. The molecule has 2 heterocycles. The fraction of sp³-hybridized carbons (Fsp3) is 0. The van der Waals surface area contributed by atoms with Gasteiger partial charge in [-0.3, -0.25) is 19.7 Å². The van der Waals surface area contributed by atoms with E-state index < -0.39 is 10.8 Å². The molecule has 0 N–H and O–H groups in total. The van der Waals surface area contributed by atoms with Gasteiger partial charge in [0.15, 0.2) is 0 Å². The molecule has 1 aliphatic rings. The second kappa shape index (κ2) is 7.16. The van der Waals surface area contributed by atoms with E-state index in [1.807, 2.05) is 0 Å². The molecule has 2 aromatic carbocycles. The van der Waals surface area contributed by atoms with Gasteiger partial charge >= 0.3 is 0 Å². The number of thioether (sulfide) groups is 1. The molecule has 3 aromatic rings. The van der Waals surface area contributed by atoms with Crippen LogP contribution in [-0.4, -0.2) is 16.1 Å². The maximum absolute atomic E-state index is 12.6. The van der Waals surface area contributed by atoms with Crippen LogP contribution in [0.15, 0.2) is 76.1 Å². The Bertz CT molecular complexity index is 1120. The van der Waals surface area contributed by atoms with Gasteiger partial charge in [-0.1, -0.05) is 30.3 Å². The molecule has 1 fully saturated rings. The molecule has 1 aliphatic heterocycles. The van der Waals surface area contributed by atoms with Crippen LogP contribution in [0, 0.1) is 10.1 Å². The number of imide groups is 1. The number of benzene rings is 2. The number of non-ortho nitro benzene ring substituents is 1. The Labute approximate surface area is 163 Å². The number of amides is 2. The van der Waals surface area contributed by atoms with Crippen molar-refractivity contribution in [3.05, 3.63) is 87.5 Å². The molecule has 138 valence electrons. The first-order valence-corrected chi connectivity index (χ1v) is 9.02. The minimum absolute atomic E-state index is 0.0422. The molecule has 0 aliphatic carbocycles. The molecule has 2 amide bonds. The van der Waals surface area contributed by atoms with Crippen molar-refractivity contribution in [3.8, 4) is 11.3 Å². The van der Waals surface area contributed by atoms with E-state index in [4.69, 9.17) is 4.42 Å². The van der Waals surface area contributed by atoms with Crippen molar-refractivity contribution in [2.45, 2.75) is 0 Å². The van der Waals surface area contributed by atoms with Crippen molar-refractivity contribution < 1.29 is 18.9 Å². The molecule has 1 saturated heterocycles. The van der Waals surface area contributed by atoms with Crippen LogP contribution < -0.4 is 4.90 Å². The number of carbonyl (C=O) groups is 2. The van der Waals surface area contributed by atoms with E-state index in [2.05, 4.69) is 0 Å². The van der Waals surface area contributed by atoms with E-state index in [0.717, 1.165) is 16.7 Å². The molecule has 8 heteroatoms. The molecule has 7 nitrogen and oxygen atoms in total. The number of rotatable bonds is 4. The van der Waals surface area contributed by atoms with Gasteiger partial charge in [-0.25, -0.2) is 4.90 Å². The third-order valence-electron chi connectivity index (χ3n) is 4.05. The summed E-state index contributed by atoms with van der Waals surface area (Å²) in [5.41, 5.74) is 1.01. The van der Waals surface area contributed by atoms with Gasteiger partial charge in [-0.2, -0.15) is 0 Å². The summed E-state index contributed by atoms with van der Waals surface area (Å²) >= 11 is 0.832. The number of furan rings is 1. The molecule has 0 bridgehead atoms. The number of anilines is 1. The lowest BCUT2D eigenvalue weighted by Crippen LogP contribution is -2.27. The van der Waals surface area contributed by atoms with E-state index in [9.17, 15) is 19.7 Å². The molecule has 0 atom stereocenters. The molecule has 1 aromatic heterocycles. The van der Waals surface area contributed by atoms with Crippen molar-refractivity contribution in [2.24, 2.45) is 0 Å². The first-order chi connectivity index (χ1) is 13.5. The Balaban J connectivity index is 1.61. The lowest BCUT2D eigenvalue weighted by Gasteiger charge is -2.11. The molecule has 0 saturated carbocycles. The zero-order valence-electron chi connectivity index (χ0n) is 14.3.